The maximum Gasteiger partial charge on any atom is 0.460 e. The number of hydrogen-bond donors (Lipinski definition) is 2. The van der Waals surface area contributed by atoms with Crippen LogP contribution in [0.2, 0.25) is 0 Å². The summed E-state index contributed by atoms with van der Waals surface area (Å²) in [7, 11) is 2.90. The lowest BCUT2D eigenvalue weighted by molar-refractivity contribution is -0.461. The third-order valence-electron chi connectivity index (χ3n) is 8.68. The first-order chi connectivity index (χ1) is 27.6. The average Bonchev–Trinajstić information content (AvgIpc) is 3.48. The summed E-state index contributed by atoms with van der Waals surface area (Å²) in [5, 5.41) is 12.7. The van der Waals surface area contributed by atoms with E-state index in [1.54, 1.807) is 22.6 Å². The molecule has 1 aromatic carbocycles. The summed E-state index contributed by atoms with van der Waals surface area (Å²) in [6.45, 7) is -4.10. The molecule has 0 fully saturated rings. The van der Waals surface area contributed by atoms with Crippen LogP contribution in [0.3, 0.4) is 0 Å². The first-order valence-electron chi connectivity index (χ1n) is 16.7. The largest absolute Gasteiger partial charge is 0.464 e. The SMILES string of the molecule is CN(C)C(=O)C1CCCCn2nnc(c2I)CN(CC(=O)OCCC(F)(F)C(F)(F)C(F)(F)C(F)(F)C(F)(F)C(F)(F)C(F)(F)C(F)(F)F)C(=O)c2cccc(c2)NC(=O)N1. The average molecular weight is 1030 g/mol. The highest BCUT2D eigenvalue weighted by Crippen LogP contribution is 2.64. The fraction of sp³-hybridized carbons (Fsp3) is 0.613. The van der Waals surface area contributed by atoms with Gasteiger partial charge in [-0.05, 0) is 60.1 Å². The molecule has 1 atom stereocenters. The van der Waals surface area contributed by atoms with Gasteiger partial charge in [-0.25, -0.2) is 9.48 Å². The minimum absolute atomic E-state index is 0.0393. The fourth-order valence-electron chi connectivity index (χ4n) is 5.22. The molecule has 1 aliphatic rings. The second kappa shape index (κ2) is 17.8. The van der Waals surface area contributed by atoms with Crippen LogP contribution in [0.4, 0.5) is 85.1 Å². The van der Waals surface area contributed by atoms with E-state index in [4.69, 9.17) is 0 Å². The number of aromatic nitrogens is 3. The molecule has 0 saturated heterocycles. The topological polar surface area (TPSA) is 139 Å². The quantitative estimate of drug-likeness (QED) is 0.130. The molecule has 61 heavy (non-hydrogen) atoms. The van der Waals surface area contributed by atoms with E-state index in [0.29, 0.717) is 17.7 Å². The number of carbonyl (C=O) groups excluding carboxylic acids is 4. The van der Waals surface area contributed by atoms with Gasteiger partial charge in [-0.1, -0.05) is 11.3 Å². The molecular weight excluding hydrogens is 1000 g/mol. The van der Waals surface area contributed by atoms with Gasteiger partial charge in [-0.2, -0.15) is 74.6 Å². The Labute approximate surface area is 344 Å². The van der Waals surface area contributed by atoms with Crippen molar-refractivity contribution in [2.45, 2.75) is 92.4 Å². The molecule has 3 rings (SSSR count). The molecule has 0 spiro atoms. The van der Waals surface area contributed by atoms with Gasteiger partial charge in [-0.15, -0.1) is 5.10 Å². The molecule has 4 amide bonds. The number of fused-ring (bicyclic) bond motifs is 4. The second-order valence-corrected chi connectivity index (χ2v) is 14.3. The Morgan fingerprint density at radius 1 is 0.836 bits per heavy atom. The van der Waals surface area contributed by atoms with Crippen LogP contribution >= 0.6 is 22.6 Å². The van der Waals surface area contributed by atoms with Crippen LogP contribution in [-0.4, -0.2) is 130 Å². The minimum atomic E-state index is -8.79. The molecule has 0 saturated carbocycles. The van der Waals surface area contributed by atoms with Crippen molar-refractivity contribution in [1.82, 2.24) is 30.1 Å². The van der Waals surface area contributed by atoms with Gasteiger partial charge in [0, 0.05) is 31.9 Å². The zero-order valence-electron chi connectivity index (χ0n) is 30.6. The number of ether oxygens (including phenoxy) is 1. The van der Waals surface area contributed by atoms with E-state index < -0.39 is 104 Å². The minimum Gasteiger partial charge on any atom is -0.464 e. The molecule has 12 nitrogen and oxygen atoms in total. The number of amides is 4. The number of likely N-dealkylation sites (N-methyl/N-ethyl adjacent to an activating group) is 1. The summed E-state index contributed by atoms with van der Waals surface area (Å²) in [5.41, 5.74) is -0.446. The Kier molecular flexibility index (Phi) is 14.8. The first kappa shape index (κ1) is 50.9. The molecule has 2 aromatic rings. The van der Waals surface area contributed by atoms with Crippen LogP contribution in [0.25, 0.3) is 0 Å². The Morgan fingerprint density at radius 3 is 1.95 bits per heavy atom. The molecule has 30 heteroatoms. The van der Waals surface area contributed by atoms with Crippen LogP contribution in [0.5, 0.6) is 0 Å². The van der Waals surface area contributed by atoms with Gasteiger partial charge in [0.25, 0.3) is 5.91 Å². The van der Waals surface area contributed by atoms with Crippen molar-refractivity contribution in [2.75, 3.05) is 32.6 Å². The number of alkyl halides is 17. The number of hydrogen-bond acceptors (Lipinski definition) is 7. The Bertz CT molecular complexity index is 1950. The van der Waals surface area contributed by atoms with E-state index in [2.05, 4.69) is 25.7 Å². The van der Waals surface area contributed by atoms with Crippen LogP contribution in [0, 0.1) is 3.70 Å². The van der Waals surface area contributed by atoms with Crippen LogP contribution in [0.15, 0.2) is 24.3 Å². The molecule has 344 valence electrons. The van der Waals surface area contributed by atoms with Gasteiger partial charge in [0.05, 0.1) is 19.6 Å². The Hall–Kier alpha value is -4.42. The van der Waals surface area contributed by atoms with Gasteiger partial charge in [0.15, 0.2) is 0 Å². The highest BCUT2D eigenvalue weighted by molar-refractivity contribution is 14.1. The lowest BCUT2D eigenvalue weighted by atomic mass is 9.88. The standard InChI is InChI=1S/C31H29F17IN7O5/c1-54(2)22(59)17-8-3-4-10-56-20(49)18(52-53-56)13-55(21(58)15-6-5-7-16(12-15)50-23(60)51-17)14-19(57)61-11-9-24(32,33)25(34,35)26(36,37)27(38,39)28(40,41)29(42,43)30(44,45)31(46,47)48/h5-7,12,17H,3-4,8-11,13-14H2,1-2H3,(H2,50,51,60). The van der Waals surface area contributed by atoms with Crippen LogP contribution < -0.4 is 10.6 Å². The van der Waals surface area contributed by atoms with E-state index in [9.17, 15) is 93.8 Å². The maximum absolute atomic E-state index is 14.4. The predicted octanol–water partition coefficient (Wildman–Crippen LogP) is 7.23. The first-order valence-corrected chi connectivity index (χ1v) is 17.8. The van der Waals surface area contributed by atoms with E-state index in [0.717, 1.165) is 12.1 Å². The summed E-state index contributed by atoms with van der Waals surface area (Å²) in [6.07, 6.45) is -10.1. The number of carbonyl (C=O) groups is 4. The van der Waals surface area contributed by atoms with Gasteiger partial charge in [-0.3, -0.25) is 14.4 Å². The summed E-state index contributed by atoms with van der Waals surface area (Å²) < 4.78 is 237. The lowest BCUT2D eigenvalue weighted by Crippen LogP contribution is -2.74. The maximum atomic E-state index is 14.4. The molecule has 2 N–H and O–H groups in total. The van der Waals surface area contributed by atoms with E-state index in [1.807, 2.05) is 0 Å². The van der Waals surface area contributed by atoms with Crippen LogP contribution in [-0.2, 0) is 27.4 Å². The van der Waals surface area contributed by atoms with E-state index >= 15 is 0 Å². The number of urea groups is 1. The fourth-order valence-corrected chi connectivity index (χ4v) is 5.84. The number of nitrogens with zero attached hydrogens (tertiary/aromatic N) is 5. The zero-order valence-corrected chi connectivity index (χ0v) is 32.8. The van der Waals surface area contributed by atoms with E-state index in [-0.39, 0.29) is 33.6 Å². The molecule has 1 aliphatic heterocycles. The van der Waals surface area contributed by atoms with E-state index in [1.165, 1.54) is 35.8 Å². The second-order valence-electron chi connectivity index (χ2n) is 13.3. The lowest BCUT2D eigenvalue weighted by Gasteiger charge is -2.42. The highest BCUT2D eigenvalue weighted by atomic mass is 127. The van der Waals surface area contributed by atoms with Gasteiger partial charge >= 0.3 is 59.6 Å². The number of esters is 1. The van der Waals surface area contributed by atoms with Crippen molar-refractivity contribution in [3.8, 4) is 0 Å². The Balaban J connectivity index is 1.87. The van der Waals surface area contributed by atoms with Crippen molar-refractivity contribution >= 4 is 52.1 Å². The summed E-state index contributed by atoms with van der Waals surface area (Å²) in [5.74, 6) is -61.2. The monoisotopic (exact) mass is 1030 g/mol. The number of rotatable bonds is 12. The van der Waals surface area contributed by atoms with Crippen LogP contribution in [0.1, 0.15) is 41.7 Å². The van der Waals surface area contributed by atoms with Crippen molar-refractivity contribution in [2.24, 2.45) is 0 Å². The highest BCUT2D eigenvalue weighted by Gasteiger charge is 2.95. The van der Waals surface area contributed by atoms with Crippen molar-refractivity contribution in [3.63, 3.8) is 0 Å². The Morgan fingerprint density at radius 2 is 1.39 bits per heavy atom. The van der Waals surface area contributed by atoms with Crippen molar-refractivity contribution in [3.05, 3.63) is 39.2 Å². The summed E-state index contributed by atoms with van der Waals surface area (Å²) >= 11 is 1.73. The van der Waals surface area contributed by atoms with Gasteiger partial charge in [0.2, 0.25) is 5.91 Å². The molecule has 1 aromatic heterocycles. The zero-order chi connectivity index (χ0) is 46.9. The number of nitrogens with one attached hydrogen (secondary N) is 2. The number of benzene rings is 1. The van der Waals surface area contributed by atoms with Crippen molar-refractivity contribution < 1.29 is 98.6 Å². The predicted molar refractivity (Wildman–Crippen MR) is 179 cm³/mol. The molecule has 2 heterocycles. The summed E-state index contributed by atoms with van der Waals surface area (Å²) in [6, 6.07) is 2.77. The third kappa shape index (κ3) is 9.80. The summed E-state index contributed by atoms with van der Waals surface area (Å²) in [4.78, 5) is 53.7. The normalized spacial score (nSPS) is 17.3. The smallest absolute Gasteiger partial charge is 0.460 e. The molecule has 0 radical (unpaired) electrons. The molecule has 0 aliphatic carbocycles. The number of aryl methyl sites for hydroxylation is 1. The molecule has 4 bridgehead atoms. The van der Waals surface area contributed by atoms with Gasteiger partial charge < -0.3 is 25.2 Å². The molecule has 1 unspecified atom stereocenters. The molecular formula is C31H29F17IN7O5. The third-order valence-corrected chi connectivity index (χ3v) is 9.86. The number of halogens is 18. The van der Waals surface area contributed by atoms with Gasteiger partial charge in [0.1, 0.15) is 22.0 Å². The number of anilines is 1. The van der Waals surface area contributed by atoms with Crippen molar-refractivity contribution in [1.29, 1.82) is 0 Å².